The minimum Gasteiger partial charge on any atom is -0.491 e. The average molecular weight is 307 g/mol. The Hall–Kier alpha value is -1.48. The molecule has 0 N–H and O–H groups in total. The van der Waals surface area contributed by atoms with E-state index in [2.05, 4.69) is 41.1 Å². The van der Waals surface area contributed by atoms with Gasteiger partial charge in [-0.15, -0.1) is 12.4 Å². The number of fused-ring (bicyclic) bond motifs is 1. The number of ether oxygens (including phenoxy) is 1. The van der Waals surface area contributed by atoms with E-state index in [9.17, 15) is 0 Å². The highest BCUT2D eigenvalue weighted by Gasteiger charge is 2.16. The van der Waals surface area contributed by atoms with Gasteiger partial charge in [0.15, 0.2) is 0 Å². The Balaban J connectivity index is 0.00000161. The quantitative estimate of drug-likeness (QED) is 0.843. The molecule has 2 heterocycles. The molecule has 0 spiro atoms. The van der Waals surface area contributed by atoms with Crippen LogP contribution in [-0.2, 0) is 0 Å². The maximum absolute atomic E-state index is 5.77. The Labute approximate surface area is 132 Å². The highest BCUT2D eigenvalue weighted by Crippen LogP contribution is 2.31. The van der Waals surface area contributed by atoms with Gasteiger partial charge in [-0.05, 0) is 51.8 Å². The Bertz CT molecular complexity index is 621. The summed E-state index contributed by atoms with van der Waals surface area (Å²) in [5, 5.41) is 1.23. The lowest BCUT2D eigenvalue weighted by molar-refractivity contribution is 0.242. The van der Waals surface area contributed by atoms with E-state index >= 15 is 0 Å². The van der Waals surface area contributed by atoms with E-state index in [1.165, 1.54) is 23.9 Å². The maximum atomic E-state index is 5.77. The lowest BCUT2D eigenvalue weighted by Gasteiger charge is -2.20. The molecule has 3 nitrogen and oxygen atoms in total. The molecule has 0 saturated carbocycles. The summed E-state index contributed by atoms with van der Waals surface area (Å²) in [6.45, 7) is 8.47. The summed E-state index contributed by atoms with van der Waals surface area (Å²) in [7, 11) is 0. The number of halogens is 1. The molecule has 0 atom stereocenters. The highest BCUT2D eigenvalue weighted by atomic mass is 35.5. The summed E-state index contributed by atoms with van der Waals surface area (Å²) >= 11 is 0. The molecular weight excluding hydrogens is 284 g/mol. The van der Waals surface area contributed by atoms with Gasteiger partial charge in [-0.1, -0.05) is 0 Å². The van der Waals surface area contributed by atoms with E-state index in [-0.39, 0.29) is 18.5 Å². The summed E-state index contributed by atoms with van der Waals surface area (Å²) < 4.78 is 5.77. The third kappa shape index (κ3) is 3.41. The second kappa shape index (κ2) is 6.52. The summed E-state index contributed by atoms with van der Waals surface area (Å²) in [6, 6.07) is 8.46. The minimum absolute atomic E-state index is 0. The fraction of sp³-hybridized carbons (Fsp3) is 0.471. The molecule has 0 unspecified atom stereocenters. The molecule has 1 aromatic heterocycles. The number of nitrogens with zero attached hydrogens (tertiary/aromatic N) is 2. The van der Waals surface area contributed by atoms with Gasteiger partial charge >= 0.3 is 0 Å². The third-order valence-corrected chi connectivity index (χ3v) is 3.71. The number of hydrogen-bond donors (Lipinski definition) is 0. The van der Waals surface area contributed by atoms with Crippen molar-refractivity contribution < 1.29 is 4.74 Å². The van der Waals surface area contributed by atoms with Crippen LogP contribution in [0.1, 0.15) is 32.4 Å². The summed E-state index contributed by atoms with van der Waals surface area (Å²) in [6.07, 6.45) is 2.77. The zero-order valence-electron chi connectivity index (χ0n) is 12.9. The first-order chi connectivity index (χ1) is 9.63. The second-order valence-corrected chi connectivity index (χ2v) is 5.82. The molecule has 4 heteroatoms. The van der Waals surface area contributed by atoms with Crippen LogP contribution in [-0.4, -0.2) is 24.2 Å². The van der Waals surface area contributed by atoms with E-state index in [1.54, 1.807) is 0 Å². The van der Waals surface area contributed by atoms with Crippen molar-refractivity contribution in [3.63, 3.8) is 0 Å². The zero-order valence-corrected chi connectivity index (χ0v) is 13.7. The number of rotatable bonds is 3. The lowest BCUT2D eigenvalue weighted by atomic mass is 10.1. The van der Waals surface area contributed by atoms with Crippen LogP contribution in [0, 0.1) is 6.92 Å². The van der Waals surface area contributed by atoms with E-state index in [4.69, 9.17) is 4.74 Å². The second-order valence-electron chi connectivity index (χ2n) is 5.82. The molecule has 2 aromatic rings. The molecule has 0 bridgehead atoms. The Morgan fingerprint density at radius 1 is 1.14 bits per heavy atom. The summed E-state index contributed by atoms with van der Waals surface area (Å²) in [5.41, 5.74) is 3.42. The van der Waals surface area contributed by atoms with Crippen LogP contribution in [0.25, 0.3) is 10.9 Å². The van der Waals surface area contributed by atoms with E-state index in [1.807, 2.05) is 13.8 Å². The Morgan fingerprint density at radius 2 is 1.86 bits per heavy atom. The fourth-order valence-electron chi connectivity index (χ4n) is 2.88. The first-order valence-corrected chi connectivity index (χ1v) is 7.46. The van der Waals surface area contributed by atoms with Crippen LogP contribution in [0.3, 0.4) is 0 Å². The molecule has 1 aromatic carbocycles. The molecule has 0 aliphatic carbocycles. The molecule has 1 aliphatic heterocycles. The van der Waals surface area contributed by atoms with E-state index in [0.717, 1.165) is 30.0 Å². The molecular formula is C17H23ClN2O. The molecule has 1 saturated heterocycles. The van der Waals surface area contributed by atoms with Gasteiger partial charge in [0, 0.05) is 35.9 Å². The van der Waals surface area contributed by atoms with E-state index in [0.29, 0.717) is 0 Å². The van der Waals surface area contributed by atoms with Crippen LogP contribution in [0.15, 0.2) is 24.3 Å². The first kappa shape index (κ1) is 15.9. The molecule has 21 heavy (non-hydrogen) atoms. The van der Waals surface area contributed by atoms with Crippen LogP contribution < -0.4 is 9.64 Å². The zero-order chi connectivity index (χ0) is 14.1. The molecule has 1 fully saturated rings. The summed E-state index contributed by atoms with van der Waals surface area (Å²) in [5.74, 6) is 0.901. The number of pyridine rings is 1. The van der Waals surface area contributed by atoms with Crippen LogP contribution in [0.4, 0.5) is 5.69 Å². The van der Waals surface area contributed by atoms with Crippen molar-refractivity contribution in [2.45, 2.75) is 39.7 Å². The fourth-order valence-corrected chi connectivity index (χ4v) is 2.88. The molecule has 0 amide bonds. The van der Waals surface area contributed by atoms with Crippen molar-refractivity contribution in [3.8, 4) is 5.75 Å². The van der Waals surface area contributed by atoms with Gasteiger partial charge in [-0.3, -0.25) is 4.98 Å². The predicted octanol–water partition coefficient (Wildman–Crippen LogP) is 4.35. The first-order valence-electron chi connectivity index (χ1n) is 7.46. The van der Waals surface area contributed by atoms with Crippen molar-refractivity contribution in [3.05, 3.63) is 30.0 Å². The van der Waals surface area contributed by atoms with Gasteiger partial charge in [0.2, 0.25) is 0 Å². The van der Waals surface area contributed by atoms with Crippen LogP contribution in [0.2, 0.25) is 0 Å². The normalized spacial score (nSPS) is 14.6. The maximum Gasteiger partial charge on any atom is 0.121 e. The number of benzene rings is 1. The topological polar surface area (TPSA) is 25.4 Å². The van der Waals surface area contributed by atoms with Crippen molar-refractivity contribution in [1.29, 1.82) is 0 Å². The molecule has 0 radical (unpaired) electrons. The Kier molecular flexibility index (Phi) is 4.94. The minimum atomic E-state index is 0. The highest BCUT2D eigenvalue weighted by molar-refractivity contribution is 5.93. The monoisotopic (exact) mass is 306 g/mol. The van der Waals surface area contributed by atoms with Crippen molar-refractivity contribution in [2.24, 2.45) is 0 Å². The Morgan fingerprint density at radius 3 is 2.52 bits per heavy atom. The van der Waals surface area contributed by atoms with Gasteiger partial charge in [-0.25, -0.2) is 0 Å². The van der Waals surface area contributed by atoms with Crippen molar-refractivity contribution in [2.75, 3.05) is 18.0 Å². The van der Waals surface area contributed by atoms with Gasteiger partial charge in [-0.2, -0.15) is 0 Å². The number of hydrogen-bond acceptors (Lipinski definition) is 3. The standard InChI is InChI=1S/C17H22N2O.ClH/c1-12(2)20-14-6-7-15-16(11-14)18-13(3)10-17(15)19-8-4-5-9-19;/h6-7,10-12H,4-5,8-9H2,1-3H3;1H. The van der Waals surface area contributed by atoms with Crippen LogP contribution >= 0.6 is 12.4 Å². The van der Waals surface area contributed by atoms with Gasteiger partial charge in [0.25, 0.3) is 0 Å². The number of anilines is 1. The number of aromatic nitrogens is 1. The average Bonchev–Trinajstić information content (AvgIpc) is 2.90. The van der Waals surface area contributed by atoms with Gasteiger partial charge in [0.1, 0.15) is 5.75 Å². The molecule has 114 valence electrons. The summed E-state index contributed by atoms with van der Waals surface area (Å²) in [4.78, 5) is 7.14. The SMILES string of the molecule is Cc1cc(N2CCCC2)c2ccc(OC(C)C)cc2n1.Cl. The van der Waals surface area contributed by atoms with Gasteiger partial charge < -0.3 is 9.64 Å². The third-order valence-electron chi connectivity index (χ3n) is 3.71. The van der Waals surface area contributed by atoms with Gasteiger partial charge in [0.05, 0.1) is 11.6 Å². The van der Waals surface area contributed by atoms with E-state index < -0.39 is 0 Å². The molecule has 3 rings (SSSR count). The number of aryl methyl sites for hydroxylation is 1. The largest absolute Gasteiger partial charge is 0.491 e. The lowest BCUT2D eigenvalue weighted by Crippen LogP contribution is -2.18. The van der Waals surface area contributed by atoms with Crippen molar-refractivity contribution >= 4 is 29.0 Å². The molecule has 1 aliphatic rings. The smallest absolute Gasteiger partial charge is 0.121 e. The van der Waals surface area contributed by atoms with Crippen LogP contribution in [0.5, 0.6) is 5.75 Å². The predicted molar refractivity (Wildman–Crippen MR) is 90.9 cm³/mol. The van der Waals surface area contributed by atoms with Crippen molar-refractivity contribution in [1.82, 2.24) is 4.98 Å².